The van der Waals surface area contributed by atoms with Gasteiger partial charge in [-0.25, -0.2) is 0 Å². The minimum absolute atomic E-state index is 0.517. The zero-order valence-corrected chi connectivity index (χ0v) is 11.3. The van der Waals surface area contributed by atoms with Gasteiger partial charge in [-0.05, 0) is 38.4 Å². The monoisotopic (exact) mass is 224 g/mol. The van der Waals surface area contributed by atoms with Crippen molar-refractivity contribution < 1.29 is 0 Å². The Morgan fingerprint density at radius 2 is 2.00 bits per heavy atom. The molecule has 94 valence electrons. The summed E-state index contributed by atoms with van der Waals surface area (Å²) in [6, 6.07) is 1.14. The molecule has 0 aliphatic carbocycles. The van der Waals surface area contributed by atoms with Crippen LogP contribution in [0.15, 0.2) is 12.2 Å². The average molecular weight is 224 g/mol. The molecule has 0 aromatic rings. The summed E-state index contributed by atoms with van der Waals surface area (Å²) in [5.41, 5.74) is 1.37. The van der Waals surface area contributed by atoms with Gasteiger partial charge in [0, 0.05) is 18.6 Å². The number of hydrogen-bond acceptors (Lipinski definition) is 2. The molecule has 2 heteroatoms. The van der Waals surface area contributed by atoms with Crippen LogP contribution in [0.1, 0.15) is 46.5 Å². The van der Waals surface area contributed by atoms with Gasteiger partial charge in [-0.1, -0.05) is 33.3 Å². The molecule has 16 heavy (non-hydrogen) atoms. The highest BCUT2D eigenvalue weighted by Crippen LogP contribution is 2.22. The second-order valence-corrected chi connectivity index (χ2v) is 5.01. The number of nitrogens with one attached hydrogen (secondary N) is 1. The number of rotatable bonds is 7. The fourth-order valence-corrected chi connectivity index (χ4v) is 2.45. The van der Waals surface area contributed by atoms with Crippen LogP contribution in [0.5, 0.6) is 0 Å². The summed E-state index contributed by atoms with van der Waals surface area (Å²) in [7, 11) is 0. The number of unbranched alkanes of at least 4 members (excludes halogenated alkanes) is 2. The van der Waals surface area contributed by atoms with Gasteiger partial charge in [0.15, 0.2) is 0 Å². The third-order valence-corrected chi connectivity index (χ3v) is 3.60. The molecule has 2 atom stereocenters. The fraction of sp³-hybridized carbons (Fsp3) is 0.857. The SMILES string of the molecule is C=C1CN(CCCC)[C@H](C)[C@@H]1NCCCC. The molecule has 0 bridgehead atoms. The summed E-state index contributed by atoms with van der Waals surface area (Å²) < 4.78 is 0. The largest absolute Gasteiger partial charge is 0.309 e. The quantitative estimate of drug-likeness (QED) is 0.528. The summed E-state index contributed by atoms with van der Waals surface area (Å²) in [6.07, 6.45) is 5.12. The summed E-state index contributed by atoms with van der Waals surface area (Å²) in [5, 5.41) is 3.65. The van der Waals surface area contributed by atoms with Crippen molar-refractivity contribution in [1.29, 1.82) is 0 Å². The van der Waals surface area contributed by atoms with Crippen molar-refractivity contribution >= 4 is 0 Å². The number of likely N-dealkylation sites (tertiary alicyclic amines) is 1. The van der Waals surface area contributed by atoms with E-state index in [0.717, 1.165) is 13.1 Å². The maximum Gasteiger partial charge on any atom is 0.0444 e. The molecule has 1 rings (SSSR count). The van der Waals surface area contributed by atoms with Crippen LogP contribution in [0, 0.1) is 0 Å². The van der Waals surface area contributed by atoms with Crippen LogP contribution in [0.2, 0.25) is 0 Å². The van der Waals surface area contributed by atoms with E-state index in [1.165, 1.54) is 37.8 Å². The van der Waals surface area contributed by atoms with Gasteiger partial charge in [0.05, 0.1) is 0 Å². The van der Waals surface area contributed by atoms with E-state index in [0.29, 0.717) is 12.1 Å². The molecular formula is C14H28N2. The molecule has 0 saturated carbocycles. The van der Waals surface area contributed by atoms with Gasteiger partial charge in [-0.15, -0.1) is 0 Å². The molecule has 0 spiro atoms. The number of hydrogen-bond donors (Lipinski definition) is 1. The van der Waals surface area contributed by atoms with Crippen LogP contribution in [-0.2, 0) is 0 Å². The van der Waals surface area contributed by atoms with Crippen molar-refractivity contribution in [3.8, 4) is 0 Å². The minimum atomic E-state index is 0.517. The van der Waals surface area contributed by atoms with Crippen molar-refractivity contribution in [3.63, 3.8) is 0 Å². The zero-order valence-electron chi connectivity index (χ0n) is 11.3. The molecule has 2 nitrogen and oxygen atoms in total. The Hall–Kier alpha value is -0.340. The molecule has 1 N–H and O–H groups in total. The summed E-state index contributed by atoms with van der Waals surface area (Å²) >= 11 is 0. The van der Waals surface area contributed by atoms with E-state index in [2.05, 4.69) is 37.6 Å². The lowest BCUT2D eigenvalue weighted by atomic mass is 10.1. The molecule has 1 aliphatic heterocycles. The first-order valence-electron chi connectivity index (χ1n) is 6.85. The molecule has 1 heterocycles. The van der Waals surface area contributed by atoms with Crippen LogP contribution in [0.25, 0.3) is 0 Å². The second-order valence-electron chi connectivity index (χ2n) is 5.01. The van der Waals surface area contributed by atoms with Gasteiger partial charge in [0.25, 0.3) is 0 Å². The lowest BCUT2D eigenvalue weighted by molar-refractivity contribution is 0.246. The van der Waals surface area contributed by atoms with Gasteiger partial charge < -0.3 is 5.32 Å². The Morgan fingerprint density at radius 1 is 1.31 bits per heavy atom. The maximum atomic E-state index is 4.22. The van der Waals surface area contributed by atoms with E-state index < -0.39 is 0 Å². The molecular weight excluding hydrogens is 196 g/mol. The van der Waals surface area contributed by atoms with Gasteiger partial charge in [-0.3, -0.25) is 4.90 Å². The van der Waals surface area contributed by atoms with Gasteiger partial charge >= 0.3 is 0 Å². The van der Waals surface area contributed by atoms with E-state index in [-0.39, 0.29) is 0 Å². The standard InChI is InChI=1S/C14H28N2/c1-5-7-9-15-14-12(3)11-16(13(14)4)10-8-6-2/h13-15H,3,5-11H2,1-2,4H3/t13-,14-/m1/s1. The van der Waals surface area contributed by atoms with Crippen molar-refractivity contribution in [2.75, 3.05) is 19.6 Å². The number of nitrogens with zero attached hydrogens (tertiary/aromatic N) is 1. The molecule has 0 radical (unpaired) electrons. The van der Waals surface area contributed by atoms with E-state index in [1.807, 2.05) is 0 Å². The highest BCUT2D eigenvalue weighted by molar-refractivity contribution is 5.18. The summed E-state index contributed by atoms with van der Waals surface area (Å²) in [5.74, 6) is 0. The van der Waals surface area contributed by atoms with E-state index in [1.54, 1.807) is 0 Å². The lowest BCUT2D eigenvalue weighted by Gasteiger charge is -2.24. The Bertz CT molecular complexity index is 213. The van der Waals surface area contributed by atoms with Crippen LogP contribution in [0.3, 0.4) is 0 Å². The van der Waals surface area contributed by atoms with Gasteiger partial charge in [-0.2, -0.15) is 0 Å². The first-order valence-corrected chi connectivity index (χ1v) is 6.85. The lowest BCUT2D eigenvalue weighted by Crippen LogP contribution is -2.41. The third-order valence-electron chi connectivity index (χ3n) is 3.60. The maximum absolute atomic E-state index is 4.22. The molecule has 0 unspecified atom stereocenters. The Morgan fingerprint density at radius 3 is 2.62 bits per heavy atom. The normalized spacial score (nSPS) is 26.6. The van der Waals surface area contributed by atoms with Crippen LogP contribution in [-0.4, -0.2) is 36.6 Å². The third kappa shape index (κ3) is 3.60. The summed E-state index contributed by atoms with van der Waals surface area (Å²) in [6.45, 7) is 14.5. The first kappa shape index (κ1) is 13.7. The predicted octanol–water partition coefficient (Wildman–Crippen LogP) is 2.81. The van der Waals surface area contributed by atoms with Crippen LogP contribution < -0.4 is 5.32 Å². The highest BCUT2D eigenvalue weighted by atomic mass is 15.2. The Labute approximate surface area is 101 Å². The second kappa shape index (κ2) is 7.08. The summed E-state index contributed by atoms with van der Waals surface area (Å²) in [4.78, 5) is 2.56. The minimum Gasteiger partial charge on any atom is -0.309 e. The topological polar surface area (TPSA) is 15.3 Å². The zero-order chi connectivity index (χ0) is 12.0. The van der Waals surface area contributed by atoms with Crippen molar-refractivity contribution in [1.82, 2.24) is 10.2 Å². The van der Waals surface area contributed by atoms with Crippen molar-refractivity contribution in [2.45, 2.75) is 58.5 Å². The molecule has 0 amide bonds. The average Bonchev–Trinajstić information content (AvgIpc) is 2.54. The predicted molar refractivity (Wildman–Crippen MR) is 71.8 cm³/mol. The van der Waals surface area contributed by atoms with E-state index >= 15 is 0 Å². The van der Waals surface area contributed by atoms with Gasteiger partial charge in [0.2, 0.25) is 0 Å². The molecule has 0 aromatic carbocycles. The fourth-order valence-electron chi connectivity index (χ4n) is 2.45. The molecule has 1 saturated heterocycles. The van der Waals surface area contributed by atoms with Crippen molar-refractivity contribution in [3.05, 3.63) is 12.2 Å². The van der Waals surface area contributed by atoms with Crippen LogP contribution >= 0.6 is 0 Å². The van der Waals surface area contributed by atoms with E-state index in [4.69, 9.17) is 0 Å². The molecule has 0 aromatic heterocycles. The highest BCUT2D eigenvalue weighted by Gasteiger charge is 2.32. The first-order chi connectivity index (χ1) is 7.70. The van der Waals surface area contributed by atoms with Crippen LogP contribution in [0.4, 0.5) is 0 Å². The van der Waals surface area contributed by atoms with Gasteiger partial charge in [0.1, 0.15) is 0 Å². The smallest absolute Gasteiger partial charge is 0.0444 e. The molecule has 1 aliphatic rings. The van der Waals surface area contributed by atoms with Crippen molar-refractivity contribution in [2.24, 2.45) is 0 Å². The Kier molecular flexibility index (Phi) is 6.07. The molecule has 1 fully saturated rings. The van der Waals surface area contributed by atoms with E-state index in [9.17, 15) is 0 Å². The Balaban J connectivity index is 2.37.